The molecule has 3 aromatic carbocycles. The van der Waals surface area contributed by atoms with Crippen molar-refractivity contribution in [2.24, 2.45) is 0 Å². The summed E-state index contributed by atoms with van der Waals surface area (Å²) in [5.74, 6) is -0.665. The highest BCUT2D eigenvalue weighted by Crippen LogP contribution is 2.47. The van der Waals surface area contributed by atoms with Gasteiger partial charge in [-0.3, -0.25) is 0 Å². The molecule has 5 N–H and O–H groups in total. The molecule has 0 saturated heterocycles. The maximum absolute atomic E-state index is 11.1. The highest BCUT2D eigenvalue weighted by Gasteiger charge is 2.47. The second-order valence-corrected chi connectivity index (χ2v) is 7.02. The van der Waals surface area contributed by atoms with E-state index in [1.54, 1.807) is 6.07 Å². The van der Waals surface area contributed by atoms with Crippen molar-refractivity contribution in [3.05, 3.63) is 77.4 Å². The van der Waals surface area contributed by atoms with Crippen LogP contribution in [-0.2, 0) is 18.4 Å². The van der Waals surface area contributed by atoms with E-state index in [-0.39, 0.29) is 41.6 Å². The van der Waals surface area contributed by atoms with Crippen LogP contribution in [0.15, 0.2) is 60.7 Å². The van der Waals surface area contributed by atoms with Crippen molar-refractivity contribution in [1.82, 2.24) is 0 Å². The summed E-state index contributed by atoms with van der Waals surface area (Å²) < 4.78 is 6.22. The fourth-order valence-corrected chi connectivity index (χ4v) is 3.73. The minimum Gasteiger partial charge on any atom is -0.508 e. The number of ether oxygens (including phenoxy) is 1. The third-order valence-electron chi connectivity index (χ3n) is 5.17. The van der Waals surface area contributed by atoms with Crippen molar-refractivity contribution < 1.29 is 30.3 Å². The Kier molecular flexibility index (Phi) is 4.28. The maximum atomic E-state index is 11.1. The summed E-state index contributed by atoms with van der Waals surface area (Å²) in [6.07, 6.45) is -0.690. The van der Waals surface area contributed by atoms with E-state index in [9.17, 15) is 25.5 Å². The van der Waals surface area contributed by atoms with Gasteiger partial charge in [0.05, 0.1) is 0 Å². The molecule has 144 valence electrons. The summed E-state index contributed by atoms with van der Waals surface area (Å²) in [6, 6.07) is 16.3. The Balaban J connectivity index is 1.88. The Morgan fingerprint density at radius 3 is 2.32 bits per heavy atom. The lowest BCUT2D eigenvalue weighted by Gasteiger charge is -2.43. The van der Waals surface area contributed by atoms with Crippen molar-refractivity contribution >= 4 is 0 Å². The first-order valence-electron chi connectivity index (χ1n) is 8.87. The van der Waals surface area contributed by atoms with E-state index in [0.29, 0.717) is 11.1 Å². The standard InChI is InChI=1S/C22H20O6/c23-15-9-18(25)16-11-21(27)22(28-20(16)10-15,12-13-4-2-1-3-5-13)14-6-7-17(24)19(26)8-14/h1-10,21,23-27H,11-12H2/t21-,22+/m0/s1. The van der Waals surface area contributed by atoms with Gasteiger partial charge in [0, 0.05) is 36.1 Å². The molecule has 1 aliphatic heterocycles. The average molecular weight is 380 g/mol. The summed E-state index contributed by atoms with van der Waals surface area (Å²) in [4.78, 5) is 0. The molecule has 0 spiro atoms. The second kappa shape index (κ2) is 6.65. The molecule has 28 heavy (non-hydrogen) atoms. The summed E-state index contributed by atoms with van der Waals surface area (Å²) in [7, 11) is 0. The quantitative estimate of drug-likeness (QED) is 0.447. The smallest absolute Gasteiger partial charge is 0.164 e. The van der Waals surface area contributed by atoms with Crippen LogP contribution in [-0.4, -0.2) is 31.6 Å². The number of phenolic OH excluding ortho intramolecular Hbond substituents is 4. The van der Waals surface area contributed by atoms with E-state index in [2.05, 4.69) is 0 Å². The minimum absolute atomic E-state index is 0.0932. The van der Waals surface area contributed by atoms with Crippen LogP contribution >= 0.6 is 0 Å². The van der Waals surface area contributed by atoms with Crippen LogP contribution in [0.4, 0.5) is 0 Å². The Bertz CT molecular complexity index is 1020. The van der Waals surface area contributed by atoms with Crippen molar-refractivity contribution in [3.8, 4) is 28.7 Å². The van der Waals surface area contributed by atoms with E-state index in [1.165, 1.54) is 24.3 Å². The van der Waals surface area contributed by atoms with Gasteiger partial charge in [-0.1, -0.05) is 36.4 Å². The number of fused-ring (bicyclic) bond motifs is 1. The van der Waals surface area contributed by atoms with Gasteiger partial charge in [-0.25, -0.2) is 0 Å². The van der Waals surface area contributed by atoms with Gasteiger partial charge < -0.3 is 30.3 Å². The van der Waals surface area contributed by atoms with Crippen LogP contribution in [0.25, 0.3) is 0 Å². The number of hydrogen-bond acceptors (Lipinski definition) is 6. The molecule has 1 heterocycles. The van der Waals surface area contributed by atoms with E-state index in [1.807, 2.05) is 30.3 Å². The summed E-state index contributed by atoms with van der Waals surface area (Å²) >= 11 is 0. The van der Waals surface area contributed by atoms with Crippen molar-refractivity contribution in [3.63, 3.8) is 0 Å². The highest BCUT2D eigenvalue weighted by atomic mass is 16.5. The van der Waals surface area contributed by atoms with Crippen LogP contribution in [0.5, 0.6) is 28.7 Å². The zero-order chi connectivity index (χ0) is 19.9. The van der Waals surface area contributed by atoms with Gasteiger partial charge in [0.15, 0.2) is 17.1 Å². The topological polar surface area (TPSA) is 110 Å². The van der Waals surface area contributed by atoms with Gasteiger partial charge in [-0.05, 0) is 17.7 Å². The number of aromatic hydroxyl groups is 4. The molecule has 6 heteroatoms. The van der Waals surface area contributed by atoms with Crippen LogP contribution in [0.1, 0.15) is 16.7 Å². The SMILES string of the molecule is Oc1cc(O)c2c(c1)O[C@](Cc1ccccc1)(c1ccc(O)c(O)c1)[C@@H](O)C2. The Morgan fingerprint density at radius 2 is 1.61 bits per heavy atom. The summed E-state index contributed by atoms with van der Waals surface area (Å²) in [5, 5.41) is 50.8. The molecule has 0 aromatic heterocycles. The number of rotatable bonds is 3. The van der Waals surface area contributed by atoms with Gasteiger partial charge in [0.25, 0.3) is 0 Å². The third kappa shape index (κ3) is 2.97. The minimum atomic E-state index is -1.29. The van der Waals surface area contributed by atoms with Crippen LogP contribution in [0.2, 0.25) is 0 Å². The van der Waals surface area contributed by atoms with E-state index in [4.69, 9.17) is 4.74 Å². The lowest BCUT2D eigenvalue weighted by molar-refractivity contribution is -0.0728. The molecule has 3 aromatic rings. The van der Waals surface area contributed by atoms with Crippen molar-refractivity contribution in [2.75, 3.05) is 0 Å². The van der Waals surface area contributed by atoms with E-state index in [0.717, 1.165) is 5.56 Å². The zero-order valence-electron chi connectivity index (χ0n) is 14.9. The fourth-order valence-electron chi connectivity index (χ4n) is 3.73. The Morgan fingerprint density at radius 1 is 0.857 bits per heavy atom. The third-order valence-corrected chi connectivity index (χ3v) is 5.17. The largest absolute Gasteiger partial charge is 0.508 e. The molecule has 0 radical (unpaired) electrons. The van der Waals surface area contributed by atoms with Crippen LogP contribution in [0, 0.1) is 0 Å². The molecule has 4 rings (SSSR count). The normalized spacial score (nSPS) is 21.0. The second-order valence-electron chi connectivity index (χ2n) is 7.02. The number of phenols is 4. The predicted octanol–water partition coefficient (Wildman–Crippen LogP) is 2.94. The molecular formula is C22H20O6. The summed E-state index contributed by atoms with van der Waals surface area (Å²) in [5.41, 5.74) is 0.464. The van der Waals surface area contributed by atoms with Crippen molar-refractivity contribution in [1.29, 1.82) is 0 Å². The molecule has 0 amide bonds. The van der Waals surface area contributed by atoms with Gasteiger partial charge in [0.1, 0.15) is 23.4 Å². The number of benzene rings is 3. The first-order chi connectivity index (χ1) is 13.4. The molecule has 0 fully saturated rings. The lowest BCUT2D eigenvalue weighted by Crippen LogP contribution is -2.50. The molecular weight excluding hydrogens is 360 g/mol. The first-order valence-corrected chi connectivity index (χ1v) is 8.87. The number of aliphatic hydroxyl groups excluding tert-OH is 1. The Hall–Kier alpha value is -3.38. The van der Waals surface area contributed by atoms with Crippen LogP contribution < -0.4 is 4.74 Å². The molecule has 2 atom stereocenters. The monoisotopic (exact) mass is 380 g/mol. The van der Waals surface area contributed by atoms with Crippen LogP contribution in [0.3, 0.4) is 0 Å². The molecule has 0 bridgehead atoms. The number of aliphatic hydroxyl groups is 1. The molecule has 0 aliphatic carbocycles. The molecule has 6 nitrogen and oxygen atoms in total. The predicted molar refractivity (Wildman–Crippen MR) is 102 cm³/mol. The van der Waals surface area contributed by atoms with Gasteiger partial charge >= 0.3 is 0 Å². The highest BCUT2D eigenvalue weighted by molar-refractivity contribution is 5.53. The van der Waals surface area contributed by atoms with E-state index >= 15 is 0 Å². The van der Waals surface area contributed by atoms with Gasteiger partial charge in [-0.15, -0.1) is 0 Å². The number of hydrogen-bond donors (Lipinski definition) is 5. The molecule has 0 saturated carbocycles. The molecule has 1 aliphatic rings. The first kappa shape index (κ1) is 18.0. The fraction of sp³-hybridized carbons (Fsp3) is 0.182. The van der Waals surface area contributed by atoms with E-state index < -0.39 is 11.7 Å². The molecule has 0 unspecified atom stereocenters. The average Bonchev–Trinajstić information content (AvgIpc) is 2.66. The zero-order valence-corrected chi connectivity index (χ0v) is 14.9. The van der Waals surface area contributed by atoms with Crippen molar-refractivity contribution in [2.45, 2.75) is 24.5 Å². The van der Waals surface area contributed by atoms with Gasteiger partial charge in [-0.2, -0.15) is 0 Å². The Labute approximate surface area is 161 Å². The summed E-state index contributed by atoms with van der Waals surface area (Å²) in [6.45, 7) is 0. The lowest BCUT2D eigenvalue weighted by atomic mass is 9.77. The van der Waals surface area contributed by atoms with Gasteiger partial charge in [0.2, 0.25) is 0 Å². The maximum Gasteiger partial charge on any atom is 0.164 e.